The van der Waals surface area contributed by atoms with E-state index in [1.165, 1.54) is 30.3 Å². The highest BCUT2D eigenvalue weighted by atomic mass is 35.5. The molecule has 0 amide bonds. The minimum atomic E-state index is -0.559. The van der Waals surface area contributed by atoms with Gasteiger partial charge in [0, 0.05) is 30.9 Å². The third kappa shape index (κ3) is 4.80. The standard InChI is InChI=1S/C19H15ClF2N6O/c20-15-11-14(4-5-16(15)22)24-18-25-17(23-13-3-1-2-12(21)10-13)26-19(27-18)28-6-8-29-9-7-28/h3-5,10-11H,6-9H2,(H2,23,24,25,26,27). The van der Waals surface area contributed by atoms with Gasteiger partial charge in [-0.1, -0.05) is 17.7 Å². The summed E-state index contributed by atoms with van der Waals surface area (Å²) in [6, 6.07) is 11.8. The molecule has 148 valence electrons. The van der Waals surface area contributed by atoms with Crippen molar-refractivity contribution in [1.82, 2.24) is 15.0 Å². The number of halogens is 3. The first kappa shape index (κ1) is 19.1. The molecule has 3 aromatic rings. The van der Waals surface area contributed by atoms with Gasteiger partial charge in [0.1, 0.15) is 5.82 Å². The third-order valence-electron chi connectivity index (χ3n) is 4.05. The quantitative estimate of drug-likeness (QED) is 0.656. The molecule has 7 nitrogen and oxygen atoms in total. The van der Waals surface area contributed by atoms with Gasteiger partial charge in [0.25, 0.3) is 0 Å². The third-order valence-corrected chi connectivity index (χ3v) is 4.34. The molecule has 1 aliphatic heterocycles. The van der Waals surface area contributed by atoms with Crippen molar-refractivity contribution in [3.8, 4) is 0 Å². The Balaban J connectivity index is 1.65. The zero-order chi connectivity index (χ0) is 20.2. The highest BCUT2D eigenvalue weighted by molar-refractivity contribution is 6.31. The van der Waals surface area contributed by atoms with E-state index in [4.69, 9.17) is 16.3 Å². The van der Waals surface area contributed by atoms with Crippen LogP contribution in [0.5, 0.6) is 0 Å². The lowest BCUT2D eigenvalue weighted by atomic mass is 10.3. The van der Waals surface area contributed by atoms with E-state index >= 15 is 0 Å². The first-order valence-corrected chi connectivity index (χ1v) is 9.11. The van der Waals surface area contributed by atoms with Gasteiger partial charge in [0.2, 0.25) is 17.8 Å². The maximum atomic E-state index is 13.4. The molecule has 4 rings (SSSR count). The Kier molecular flexibility index (Phi) is 5.55. The summed E-state index contributed by atoms with van der Waals surface area (Å²) in [5.74, 6) is -0.233. The van der Waals surface area contributed by atoms with Crippen molar-refractivity contribution >= 4 is 40.8 Å². The predicted molar refractivity (Wildman–Crippen MR) is 105 cm³/mol. The lowest BCUT2D eigenvalue weighted by Gasteiger charge is -2.27. The first-order chi connectivity index (χ1) is 14.1. The van der Waals surface area contributed by atoms with Gasteiger partial charge in [0.05, 0.1) is 23.9 Å². The number of rotatable bonds is 5. The summed E-state index contributed by atoms with van der Waals surface area (Å²) in [4.78, 5) is 15.1. The largest absolute Gasteiger partial charge is 0.378 e. The molecule has 0 spiro atoms. The number of morpholine rings is 1. The van der Waals surface area contributed by atoms with E-state index in [-0.39, 0.29) is 16.9 Å². The average molecular weight is 417 g/mol. The maximum Gasteiger partial charge on any atom is 0.233 e. The van der Waals surface area contributed by atoms with E-state index in [2.05, 4.69) is 37.7 Å². The van der Waals surface area contributed by atoms with Crippen LogP contribution >= 0.6 is 11.6 Å². The van der Waals surface area contributed by atoms with Crippen LogP contribution < -0.4 is 15.5 Å². The molecule has 29 heavy (non-hydrogen) atoms. The number of anilines is 5. The molecule has 0 unspecified atom stereocenters. The summed E-state index contributed by atoms with van der Waals surface area (Å²) in [5.41, 5.74) is 0.923. The Hall–Kier alpha value is -3.22. The number of hydrogen-bond donors (Lipinski definition) is 2. The van der Waals surface area contributed by atoms with Crippen LogP contribution in [0.2, 0.25) is 5.02 Å². The lowest BCUT2D eigenvalue weighted by Crippen LogP contribution is -2.37. The van der Waals surface area contributed by atoms with Gasteiger partial charge in [-0.25, -0.2) is 4.39 Å². The van der Waals surface area contributed by atoms with Crippen LogP contribution in [0.4, 0.5) is 38.0 Å². The van der Waals surface area contributed by atoms with E-state index in [0.717, 1.165) is 0 Å². The molecule has 1 aliphatic rings. The molecule has 2 heterocycles. The summed E-state index contributed by atoms with van der Waals surface area (Å²) < 4.78 is 32.2. The number of hydrogen-bond acceptors (Lipinski definition) is 7. The van der Waals surface area contributed by atoms with Gasteiger partial charge in [-0.2, -0.15) is 19.3 Å². The van der Waals surface area contributed by atoms with Crippen molar-refractivity contribution in [2.45, 2.75) is 0 Å². The topological polar surface area (TPSA) is 75.2 Å². The highest BCUT2D eigenvalue weighted by Crippen LogP contribution is 2.24. The molecular formula is C19H15ClF2N6O. The SMILES string of the molecule is Fc1c#ccc(Nc2nc(Nc3ccc(F)c(Cl)c3)nc(N3CCOCC3)n2)c1. The molecule has 0 bridgehead atoms. The van der Waals surface area contributed by atoms with E-state index < -0.39 is 11.6 Å². The summed E-state index contributed by atoms with van der Waals surface area (Å²) in [7, 11) is 0. The summed E-state index contributed by atoms with van der Waals surface area (Å²) in [6.45, 7) is 2.35. The van der Waals surface area contributed by atoms with Crippen LogP contribution in [-0.4, -0.2) is 41.3 Å². The molecule has 2 aromatic carbocycles. The highest BCUT2D eigenvalue weighted by Gasteiger charge is 2.17. The van der Waals surface area contributed by atoms with Crippen LogP contribution in [0.1, 0.15) is 0 Å². The summed E-state index contributed by atoms with van der Waals surface area (Å²) >= 11 is 5.84. The van der Waals surface area contributed by atoms with Crippen molar-refractivity contribution in [1.29, 1.82) is 0 Å². The predicted octanol–water partition coefficient (Wildman–Crippen LogP) is 3.73. The van der Waals surface area contributed by atoms with Crippen LogP contribution in [-0.2, 0) is 4.74 Å². The summed E-state index contributed by atoms with van der Waals surface area (Å²) in [6.07, 6.45) is 0. The van der Waals surface area contributed by atoms with Crippen molar-refractivity contribution in [3.63, 3.8) is 0 Å². The lowest BCUT2D eigenvalue weighted by molar-refractivity contribution is 0.122. The summed E-state index contributed by atoms with van der Waals surface area (Å²) in [5, 5.41) is 5.90. The Morgan fingerprint density at radius 1 is 1.00 bits per heavy atom. The second kappa shape index (κ2) is 8.43. The van der Waals surface area contributed by atoms with Gasteiger partial charge in [-0.05, 0) is 24.3 Å². The normalized spacial score (nSPS) is 13.7. The fraction of sp³-hybridized carbons (Fsp3) is 0.211. The average Bonchev–Trinajstić information content (AvgIpc) is 2.71. The maximum absolute atomic E-state index is 13.4. The van der Waals surface area contributed by atoms with Crippen LogP contribution in [0, 0.1) is 23.8 Å². The number of nitrogens with zero attached hydrogens (tertiary/aromatic N) is 4. The van der Waals surface area contributed by atoms with Crippen LogP contribution in [0.15, 0.2) is 30.3 Å². The number of aromatic nitrogens is 3. The number of benzene rings is 1. The molecule has 0 aliphatic carbocycles. The fourth-order valence-electron chi connectivity index (χ4n) is 2.68. The smallest absolute Gasteiger partial charge is 0.233 e. The molecule has 2 N–H and O–H groups in total. The van der Waals surface area contributed by atoms with Gasteiger partial charge >= 0.3 is 0 Å². The Morgan fingerprint density at radius 3 is 2.41 bits per heavy atom. The molecule has 0 saturated carbocycles. The van der Waals surface area contributed by atoms with Gasteiger partial charge in [-0.15, -0.1) is 0 Å². The molecule has 1 aromatic heterocycles. The van der Waals surface area contributed by atoms with Crippen molar-refractivity contribution < 1.29 is 13.5 Å². The minimum absolute atomic E-state index is 0.0256. The molecule has 10 heteroatoms. The second-order valence-electron chi connectivity index (χ2n) is 6.12. The number of ether oxygens (including phenoxy) is 1. The van der Waals surface area contributed by atoms with E-state index in [9.17, 15) is 8.78 Å². The van der Waals surface area contributed by atoms with E-state index in [1.807, 2.05) is 4.90 Å². The van der Waals surface area contributed by atoms with Gasteiger partial charge < -0.3 is 20.3 Å². The molecular weight excluding hydrogens is 402 g/mol. The van der Waals surface area contributed by atoms with Crippen molar-refractivity contribution in [2.75, 3.05) is 41.8 Å². The molecule has 1 saturated heterocycles. The fourth-order valence-corrected chi connectivity index (χ4v) is 2.86. The van der Waals surface area contributed by atoms with Crippen LogP contribution in [0.25, 0.3) is 0 Å². The Labute approximate surface area is 170 Å². The number of nitrogens with one attached hydrogen (secondary N) is 2. The molecule has 0 atom stereocenters. The van der Waals surface area contributed by atoms with Gasteiger partial charge in [-0.3, -0.25) is 0 Å². The minimum Gasteiger partial charge on any atom is -0.378 e. The first-order valence-electron chi connectivity index (χ1n) is 8.73. The Morgan fingerprint density at radius 2 is 1.72 bits per heavy atom. The van der Waals surface area contributed by atoms with Crippen molar-refractivity contribution in [2.24, 2.45) is 0 Å². The molecule has 0 radical (unpaired) electrons. The van der Waals surface area contributed by atoms with E-state index in [1.54, 1.807) is 0 Å². The Bertz CT molecular complexity index is 1020. The van der Waals surface area contributed by atoms with Crippen LogP contribution in [0.3, 0.4) is 0 Å². The van der Waals surface area contributed by atoms with Crippen molar-refractivity contribution in [3.05, 3.63) is 59.1 Å². The monoisotopic (exact) mass is 416 g/mol. The zero-order valence-electron chi connectivity index (χ0n) is 15.0. The van der Waals surface area contributed by atoms with E-state index in [0.29, 0.717) is 43.6 Å². The molecule has 1 fully saturated rings. The van der Waals surface area contributed by atoms with Gasteiger partial charge in [0.15, 0.2) is 5.82 Å². The second-order valence-corrected chi connectivity index (χ2v) is 6.53. The zero-order valence-corrected chi connectivity index (χ0v) is 15.8.